The predicted octanol–water partition coefficient (Wildman–Crippen LogP) is 4.85. The Morgan fingerprint density at radius 3 is 2.42 bits per heavy atom. The fourth-order valence-corrected chi connectivity index (χ4v) is 4.10. The third-order valence-electron chi connectivity index (χ3n) is 5.82. The van der Waals surface area contributed by atoms with E-state index in [4.69, 9.17) is 0 Å². The summed E-state index contributed by atoms with van der Waals surface area (Å²) in [5.74, 6) is 0.198. The van der Waals surface area contributed by atoms with Crippen molar-refractivity contribution in [3.63, 3.8) is 0 Å². The molecule has 1 N–H and O–H groups in total. The van der Waals surface area contributed by atoms with Crippen LogP contribution in [-0.2, 0) is 4.79 Å². The lowest BCUT2D eigenvalue weighted by atomic mass is 9.95. The van der Waals surface area contributed by atoms with Crippen molar-refractivity contribution >= 4 is 17.7 Å². The maximum Gasteiger partial charge on any atom is 0.227 e. The molecule has 0 atom stereocenters. The molecule has 2 aromatic carbocycles. The fraction of sp³-hybridized carbons (Fsp3) is 0.308. The van der Waals surface area contributed by atoms with Crippen molar-refractivity contribution < 1.29 is 4.79 Å². The third kappa shape index (κ3) is 5.50. The van der Waals surface area contributed by atoms with E-state index in [1.807, 2.05) is 48.9 Å². The molecule has 1 aromatic heterocycles. The average Bonchev–Trinajstić information content (AvgIpc) is 3.13. The van der Waals surface area contributed by atoms with E-state index >= 15 is 0 Å². The molecule has 0 spiro atoms. The van der Waals surface area contributed by atoms with Gasteiger partial charge >= 0.3 is 0 Å². The highest BCUT2D eigenvalue weighted by atomic mass is 16.1. The molecule has 1 saturated heterocycles. The van der Waals surface area contributed by atoms with Crippen LogP contribution < -0.4 is 5.32 Å². The molecular formula is C26H30N4O. The van der Waals surface area contributed by atoms with Crippen LogP contribution >= 0.6 is 0 Å². The van der Waals surface area contributed by atoms with Crippen molar-refractivity contribution in [3.05, 3.63) is 83.7 Å². The van der Waals surface area contributed by atoms with E-state index in [1.165, 1.54) is 5.56 Å². The van der Waals surface area contributed by atoms with Crippen LogP contribution in [0.4, 0.5) is 5.69 Å². The first-order valence-electron chi connectivity index (χ1n) is 11.0. The Morgan fingerprint density at radius 1 is 1.06 bits per heavy atom. The molecule has 1 fully saturated rings. The largest absolute Gasteiger partial charge is 0.326 e. The number of anilines is 1. The summed E-state index contributed by atoms with van der Waals surface area (Å²) < 4.78 is 1.92. The molecule has 3 aromatic rings. The minimum Gasteiger partial charge on any atom is -0.326 e. The third-order valence-corrected chi connectivity index (χ3v) is 5.82. The molecule has 2 heterocycles. The predicted molar refractivity (Wildman–Crippen MR) is 126 cm³/mol. The lowest BCUT2D eigenvalue weighted by Gasteiger charge is -2.30. The van der Waals surface area contributed by atoms with Crippen molar-refractivity contribution in [1.82, 2.24) is 14.7 Å². The zero-order chi connectivity index (χ0) is 21.6. The monoisotopic (exact) mass is 414 g/mol. The summed E-state index contributed by atoms with van der Waals surface area (Å²) in [6.45, 7) is 6.86. The van der Waals surface area contributed by atoms with Gasteiger partial charge in [0.15, 0.2) is 0 Å². The van der Waals surface area contributed by atoms with E-state index < -0.39 is 0 Å². The van der Waals surface area contributed by atoms with Gasteiger partial charge in [0.1, 0.15) is 0 Å². The highest BCUT2D eigenvalue weighted by molar-refractivity contribution is 5.92. The van der Waals surface area contributed by atoms with Crippen molar-refractivity contribution in [2.75, 3.05) is 25.0 Å². The van der Waals surface area contributed by atoms with Gasteiger partial charge in [0.25, 0.3) is 0 Å². The SMILES string of the molecule is Cc1cc(C)n(-c2ccc(NC(=O)C3CCN(C/C=C/c4ccccc4)CC3)cc2)n1. The molecular weight excluding hydrogens is 384 g/mol. The number of hydrogen-bond donors (Lipinski definition) is 1. The van der Waals surface area contributed by atoms with Crippen LogP contribution in [0.25, 0.3) is 11.8 Å². The molecule has 4 rings (SSSR count). The lowest BCUT2D eigenvalue weighted by Crippen LogP contribution is -2.38. The number of carbonyl (C=O) groups is 1. The minimum absolute atomic E-state index is 0.0741. The molecule has 1 aliphatic heterocycles. The normalized spacial score (nSPS) is 15.4. The van der Waals surface area contributed by atoms with Crippen LogP contribution in [0.2, 0.25) is 0 Å². The first kappa shape index (κ1) is 21.1. The summed E-state index contributed by atoms with van der Waals surface area (Å²) in [7, 11) is 0. The molecule has 31 heavy (non-hydrogen) atoms. The van der Waals surface area contributed by atoms with E-state index in [0.717, 1.165) is 55.2 Å². The van der Waals surface area contributed by atoms with Gasteiger partial charge in [-0.05, 0) is 75.7 Å². The molecule has 0 saturated carbocycles. The Labute approximate surface area is 184 Å². The summed E-state index contributed by atoms with van der Waals surface area (Å²) in [6.07, 6.45) is 6.16. The Morgan fingerprint density at radius 2 is 1.77 bits per heavy atom. The number of benzene rings is 2. The van der Waals surface area contributed by atoms with Crippen LogP contribution in [0.1, 0.15) is 29.8 Å². The topological polar surface area (TPSA) is 50.2 Å². The van der Waals surface area contributed by atoms with Gasteiger partial charge in [-0.1, -0.05) is 42.5 Å². The molecule has 5 nitrogen and oxygen atoms in total. The number of hydrogen-bond acceptors (Lipinski definition) is 3. The lowest BCUT2D eigenvalue weighted by molar-refractivity contribution is -0.121. The summed E-state index contributed by atoms with van der Waals surface area (Å²) in [6, 6.07) is 20.3. The first-order valence-corrected chi connectivity index (χ1v) is 11.0. The standard InChI is InChI=1S/C26H30N4O/c1-20-19-21(2)30(28-20)25-12-10-24(11-13-25)27-26(31)23-14-17-29(18-15-23)16-6-9-22-7-4-3-5-8-22/h3-13,19,23H,14-18H2,1-2H3,(H,27,31)/b9-6+. The molecule has 0 bridgehead atoms. The molecule has 5 heteroatoms. The second kappa shape index (κ2) is 9.75. The number of carbonyl (C=O) groups excluding carboxylic acids is 1. The quantitative estimate of drug-likeness (QED) is 0.627. The van der Waals surface area contributed by atoms with Crippen LogP contribution in [0.3, 0.4) is 0 Å². The van der Waals surface area contributed by atoms with E-state index in [0.29, 0.717) is 0 Å². The molecule has 160 valence electrons. The molecule has 0 unspecified atom stereocenters. The minimum atomic E-state index is 0.0741. The van der Waals surface area contributed by atoms with Gasteiger partial charge in [0.2, 0.25) is 5.91 Å². The van der Waals surface area contributed by atoms with E-state index in [1.54, 1.807) is 0 Å². The van der Waals surface area contributed by atoms with Gasteiger partial charge in [-0.25, -0.2) is 4.68 Å². The van der Waals surface area contributed by atoms with E-state index in [-0.39, 0.29) is 11.8 Å². The maximum absolute atomic E-state index is 12.7. The van der Waals surface area contributed by atoms with Crippen molar-refractivity contribution in [2.24, 2.45) is 5.92 Å². The van der Waals surface area contributed by atoms with Crippen molar-refractivity contribution in [3.8, 4) is 5.69 Å². The Balaban J connectivity index is 1.25. The Hall–Kier alpha value is -3.18. The summed E-state index contributed by atoms with van der Waals surface area (Å²) in [5.41, 5.74) is 5.15. The van der Waals surface area contributed by atoms with Gasteiger partial charge in [-0.3, -0.25) is 9.69 Å². The summed E-state index contributed by atoms with van der Waals surface area (Å²) in [5, 5.41) is 7.60. The van der Waals surface area contributed by atoms with Gasteiger partial charge < -0.3 is 5.32 Å². The number of nitrogens with zero attached hydrogens (tertiary/aromatic N) is 3. The number of aromatic nitrogens is 2. The zero-order valence-electron chi connectivity index (χ0n) is 18.3. The second-order valence-electron chi connectivity index (χ2n) is 8.26. The molecule has 1 aliphatic rings. The fourth-order valence-electron chi connectivity index (χ4n) is 4.10. The number of rotatable bonds is 6. The van der Waals surface area contributed by atoms with E-state index in [9.17, 15) is 4.79 Å². The number of amides is 1. The van der Waals surface area contributed by atoms with E-state index in [2.05, 4.69) is 57.8 Å². The van der Waals surface area contributed by atoms with Crippen LogP contribution in [0, 0.1) is 19.8 Å². The molecule has 0 aliphatic carbocycles. The molecule has 0 radical (unpaired) electrons. The van der Waals surface area contributed by atoms with Gasteiger partial charge in [0.05, 0.1) is 11.4 Å². The number of piperidine rings is 1. The van der Waals surface area contributed by atoms with Crippen LogP contribution in [-0.4, -0.2) is 40.2 Å². The molecule has 1 amide bonds. The Bertz CT molecular complexity index is 1030. The van der Waals surface area contributed by atoms with Crippen LogP contribution in [0.5, 0.6) is 0 Å². The maximum atomic E-state index is 12.7. The van der Waals surface area contributed by atoms with Gasteiger partial charge in [-0.2, -0.15) is 5.10 Å². The van der Waals surface area contributed by atoms with Gasteiger partial charge in [0, 0.05) is 23.8 Å². The summed E-state index contributed by atoms with van der Waals surface area (Å²) in [4.78, 5) is 15.1. The van der Waals surface area contributed by atoms with Crippen molar-refractivity contribution in [2.45, 2.75) is 26.7 Å². The highest BCUT2D eigenvalue weighted by Crippen LogP contribution is 2.21. The smallest absolute Gasteiger partial charge is 0.227 e. The highest BCUT2D eigenvalue weighted by Gasteiger charge is 2.24. The van der Waals surface area contributed by atoms with Crippen LogP contribution in [0.15, 0.2) is 66.7 Å². The number of nitrogens with one attached hydrogen (secondary N) is 1. The number of aryl methyl sites for hydroxylation is 2. The number of likely N-dealkylation sites (tertiary alicyclic amines) is 1. The zero-order valence-corrected chi connectivity index (χ0v) is 18.3. The Kier molecular flexibility index (Phi) is 6.63. The average molecular weight is 415 g/mol. The second-order valence-corrected chi connectivity index (χ2v) is 8.26. The van der Waals surface area contributed by atoms with Gasteiger partial charge in [-0.15, -0.1) is 0 Å². The first-order chi connectivity index (χ1) is 15.1. The summed E-state index contributed by atoms with van der Waals surface area (Å²) >= 11 is 0. The van der Waals surface area contributed by atoms with Crippen molar-refractivity contribution in [1.29, 1.82) is 0 Å².